The zero-order valence-electron chi connectivity index (χ0n) is 16.8. The van der Waals surface area contributed by atoms with E-state index in [4.69, 9.17) is 0 Å². The molecule has 0 radical (unpaired) electrons. The first-order chi connectivity index (χ1) is 15.3. The predicted molar refractivity (Wildman–Crippen MR) is 117 cm³/mol. The Morgan fingerprint density at radius 3 is 1.69 bits per heavy atom. The number of carbonyl (C=O) groups excluding carboxylic acids is 2. The van der Waals surface area contributed by atoms with Gasteiger partial charge in [0.1, 0.15) is 6.04 Å². The van der Waals surface area contributed by atoms with E-state index < -0.39 is 30.7 Å². The number of hydrogen-bond donors (Lipinski definition) is 4. The third-order valence-electron chi connectivity index (χ3n) is 4.39. The molecule has 0 aromatic heterocycles. The van der Waals surface area contributed by atoms with Crippen LogP contribution in [0, 0.1) is 0 Å². The van der Waals surface area contributed by atoms with Crippen molar-refractivity contribution in [3.63, 3.8) is 0 Å². The topological polar surface area (TPSA) is 82.3 Å². The highest BCUT2D eigenvalue weighted by Crippen LogP contribution is 2.32. The van der Waals surface area contributed by atoms with Crippen molar-refractivity contribution in [2.24, 2.45) is 0 Å². The summed E-state index contributed by atoms with van der Waals surface area (Å²) < 4.78 is 40.0. The van der Waals surface area contributed by atoms with Gasteiger partial charge in [-0.05, 0) is 42.0 Å². The molecule has 3 rings (SSSR count). The smallest absolute Gasteiger partial charge is 0.325 e. The van der Waals surface area contributed by atoms with E-state index in [1.165, 1.54) is 36.4 Å². The fraction of sp³-hybridized carbons (Fsp3) is 0.130. The van der Waals surface area contributed by atoms with Crippen molar-refractivity contribution in [2.45, 2.75) is 12.2 Å². The summed E-state index contributed by atoms with van der Waals surface area (Å²) in [6, 6.07) is 20.0. The van der Waals surface area contributed by atoms with Crippen molar-refractivity contribution in [1.82, 2.24) is 5.32 Å². The zero-order valence-corrected chi connectivity index (χ0v) is 16.8. The van der Waals surface area contributed by atoms with Gasteiger partial charge in [-0.15, -0.1) is 0 Å². The lowest BCUT2D eigenvalue weighted by Gasteiger charge is -2.22. The maximum Gasteiger partial charge on any atom is 0.407 e. The summed E-state index contributed by atoms with van der Waals surface area (Å²) in [5.41, 5.74) is 1.52. The molecule has 1 unspecified atom stereocenters. The third-order valence-corrected chi connectivity index (χ3v) is 4.39. The van der Waals surface area contributed by atoms with Crippen LogP contribution in [0.15, 0.2) is 84.9 Å². The largest absolute Gasteiger partial charge is 0.407 e. The molecule has 0 fully saturated rings. The summed E-state index contributed by atoms with van der Waals surface area (Å²) in [6.45, 7) is -0.529. The Hall–Kier alpha value is -3.85. The number of amides is 3. The molecule has 3 aromatic rings. The van der Waals surface area contributed by atoms with Crippen molar-refractivity contribution >= 4 is 29.0 Å². The Balaban J connectivity index is 1.51. The molecule has 3 aromatic carbocycles. The van der Waals surface area contributed by atoms with E-state index in [2.05, 4.69) is 21.3 Å². The highest BCUT2D eigenvalue weighted by Gasteiger charge is 2.40. The summed E-state index contributed by atoms with van der Waals surface area (Å²) in [7, 11) is 0. The van der Waals surface area contributed by atoms with Crippen molar-refractivity contribution in [1.29, 1.82) is 0 Å². The molecule has 0 aliphatic carbocycles. The first-order valence-electron chi connectivity index (χ1n) is 9.69. The molecule has 166 valence electrons. The van der Waals surface area contributed by atoms with E-state index in [1.54, 1.807) is 42.5 Å². The lowest BCUT2D eigenvalue weighted by Crippen LogP contribution is -2.38. The summed E-state index contributed by atoms with van der Waals surface area (Å²) in [4.78, 5) is 24.1. The second kappa shape index (κ2) is 10.5. The molecule has 6 nitrogen and oxygen atoms in total. The molecular weight excluding hydrogens is 421 g/mol. The lowest BCUT2D eigenvalue weighted by atomic mass is 10.1. The Morgan fingerprint density at radius 1 is 0.688 bits per heavy atom. The van der Waals surface area contributed by atoms with Gasteiger partial charge in [-0.2, -0.15) is 13.2 Å². The summed E-state index contributed by atoms with van der Waals surface area (Å²) in [6.07, 6.45) is -4.55. The average Bonchev–Trinajstić information content (AvgIpc) is 2.76. The van der Waals surface area contributed by atoms with Crippen LogP contribution in [-0.2, 0) is 4.79 Å². The van der Waals surface area contributed by atoms with E-state index >= 15 is 0 Å². The minimum absolute atomic E-state index is 0.0250. The number of halogens is 3. The highest BCUT2D eigenvalue weighted by molar-refractivity contribution is 6.00. The first-order valence-corrected chi connectivity index (χ1v) is 9.69. The molecule has 4 N–H and O–H groups in total. The Morgan fingerprint density at radius 2 is 1.16 bits per heavy atom. The molecule has 0 saturated carbocycles. The molecule has 32 heavy (non-hydrogen) atoms. The van der Waals surface area contributed by atoms with Crippen LogP contribution in [0.1, 0.15) is 11.6 Å². The highest BCUT2D eigenvalue weighted by atomic mass is 19.4. The van der Waals surface area contributed by atoms with Gasteiger partial charge in [0.25, 0.3) is 0 Å². The SMILES string of the molecule is O=C(CNC(c1ccccc1)C(F)(F)F)Nc1ccc(NC(=O)Nc2ccccc2)cc1. The number of alkyl halides is 3. The van der Waals surface area contributed by atoms with E-state index in [9.17, 15) is 22.8 Å². The number of rotatable bonds is 7. The van der Waals surface area contributed by atoms with Gasteiger partial charge in [0.2, 0.25) is 5.91 Å². The van der Waals surface area contributed by atoms with Crippen LogP contribution in [0.25, 0.3) is 0 Å². The van der Waals surface area contributed by atoms with Gasteiger partial charge in [-0.1, -0.05) is 48.5 Å². The monoisotopic (exact) mass is 442 g/mol. The normalized spacial score (nSPS) is 12.0. The van der Waals surface area contributed by atoms with E-state index in [0.29, 0.717) is 17.1 Å². The average molecular weight is 442 g/mol. The van der Waals surface area contributed by atoms with E-state index in [-0.39, 0.29) is 5.56 Å². The first kappa shape index (κ1) is 22.8. The fourth-order valence-electron chi connectivity index (χ4n) is 2.92. The summed E-state index contributed by atoms with van der Waals surface area (Å²) >= 11 is 0. The number of nitrogens with one attached hydrogen (secondary N) is 4. The van der Waals surface area contributed by atoms with Gasteiger partial charge >= 0.3 is 12.2 Å². The Bertz CT molecular complexity index is 1030. The van der Waals surface area contributed by atoms with Crippen molar-refractivity contribution < 1.29 is 22.8 Å². The second-order valence-corrected chi connectivity index (χ2v) is 6.84. The lowest BCUT2D eigenvalue weighted by molar-refractivity contribution is -0.158. The Kier molecular flexibility index (Phi) is 7.45. The molecule has 0 bridgehead atoms. The van der Waals surface area contributed by atoms with Crippen molar-refractivity contribution in [3.8, 4) is 0 Å². The van der Waals surface area contributed by atoms with Gasteiger partial charge < -0.3 is 16.0 Å². The molecule has 0 aliphatic heterocycles. The predicted octanol–water partition coefficient (Wildman–Crippen LogP) is 5.16. The van der Waals surface area contributed by atoms with Gasteiger partial charge in [0, 0.05) is 17.1 Å². The summed E-state index contributed by atoms with van der Waals surface area (Å²) in [5, 5.41) is 10.1. The van der Waals surface area contributed by atoms with Crippen molar-refractivity contribution in [3.05, 3.63) is 90.5 Å². The van der Waals surface area contributed by atoms with Crippen LogP contribution in [-0.4, -0.2) is 24.7 Å². The molecule has 0 saturated heterocycles. The van der Waals surface area contributed by atoms with Crippen LogP contribution in [0.3, 0.4) is 0 Å². The number of anilines is 3. The molecule has 1 atom stereocenters. The van der Waals surface area contributed by atoms with Gasteiger partial charge in [0.05, 0.1) is 6.54 Å². The molecule has 0 aliphatic rings. The van der Waals surface area contributed by atoms with Crippen LogP contribution < -0.4 is 21.3 Å². The van der Waals surface area contributed by atoms with Crippen LogP contribution in [0.2, 0.25) is 0 Å². The number of carbonyl (C=O) groups is 2. The Labute approximate surface area is 182 Å². The standard InChI is InChI=1S/C23H21F3N4O2/c24-23(25,26)21(16-7-3-1-4-8-16)27-15-20(31)28-18-11-13-19(14-12-18)30-22(32)29-17-9-5-2-6-10-17/h1-14,21,27H,15H2,(H,28,31)(H2,29,30,32). The fourth-order valence-corrected chi connectivity index (χ4v) is 2.92. The van der Waals surface area contributed by atoms with Crippen LogP contribution in [0.4, 0.5) is 35.0 Å². The molecule has 0 heterocycles. The molecule has 0 spiro atoms. The quantitative estimate of drug-likeness (QED) is 0.408. The molecule has 9 heteroatoms. The van der Waals surface area contributed by atoms with E-state index in [1.807, 2.05) is 6.07 Å². The van der Waals surface area contributed by atoms with Crippen molar-refractivity contribution in [2.75, 3.05) is 22.5 Å². The van der Waals surface area contributed by atoms with Crippen LogP contribution >= 0.6 is 0 Å². The van der Waals surface area contributed by atoms with Crippen LogP contribution in [0.5, 0.6) is 0 Å². The maximum absolute atomic E-state index is 13.3. The third kappa shape index (κ3) is 6.85. The second-order valence-electron chi connectivity index (χ2n) is 6.84. The van der Waals surface area contributed by atoms with E-state index in [0.717, 1.165) is 0 Å². The van der Waals surface area contributed by atoms with Gasteiger partial charge in [-0.25, -0.2) is 4.79 Å². The number of urea groups is 1. The van der Waals surface area contributed by atoms with Gasteiger partial charge in [0.15, 0.2) is 0 Å². The maximum atomic E-state index is 13.3. The molecule has 3 amide bonds. The number of para-hydroxylation sites is 1. The number of hydrogen-bond acceptors (Lipinski definition) is 3. The van der Waals surface area contributed by atoms with Gasteiger partial charge in [-0.3, -0.25) is 10.1 Å². The summed E-state index contributed by atoms with van der Waals surface area (Å²) in [5.74, 6) is -0.627. The zero-order chi connectivity index (χ0) is 23.0. The minimum atomic E-state index is -4.55. The number of benzene rings is 3. The minimum Gasteiger partial charge on any atom is -0.325 e. The molecular formula is C23H21F3N4O2.